The van der Waals surface area contributed by atoms with E-state index in [4.69, 9.17) is 4.74 Å². The van der Waals surface area contributed by atoms with Gasteiger partial charge < -0.3 is 9.64 Å². The molecule has 0 spiro atoms. The second kappa shape index (κ2) is 5.32. The van der Waals surface area contributed by atoms with E-state index < -0.39 is 0 Å². The quantitative estimate of drug-likeness (QED) is 0.802. The first kappa shape index (κ1) is 12.1. The number of hydrogen-bond acceptors (Lipinski definition) is 2. The van der Waals surface area contributed by atoms with Crippen LogP contribution in [0.4, 0.5) is 5.69 Å². The normalized spacial score (nSPS) is 19.3. The van der Waals surface area contributed by atoms with E-state index >= 15 is 0 Å². The number of anilines is 1. The minimum Gasteiger partial charge on any atom is -0.381 e. The van der Waals surface area contributed by atoms with Crippen LogP contribution in [0.2, 0.25) is 0 Å². The van der Waals surface area contributed by atoms with Crippen LogP contribution in [0, 0.1) is 12.8 Å². The summed E-state index contributed by atoms with van der Waals surface area (Å²) in [6, 6.07) is 8.08. The Labute approximate surface area is 102 Å². The molecule has 0 radical (unpaired) electrons. The first-order valence-electron chi connectivity index (χ1n) is 6.18. The summed E-state index contributed by atoms with van der Waals surface area (Å²) in [6.07, 6.45) is 0.848. The van der Waals surface area contributed by atoms with Crippen LogP contribution in [0.5, 0.6) is 0 Å². The van der Waals surface area contributed by atoms with Gasteiger partial charge in [0.1, 0.15) is 0 Å². The molecule has 1 aromatic carbocycles. The Hall–Kier alpha value is -1.35. The van der Waals surface area contributed by atoms with Crippen molar-refractivity contribution in [1.82, 2.24) is 0 Å². The van der Waals surface area contributed by atoms with Crippen molar-refractivity contribution in [2.45, 2.75) is 20.3 Å². The molecule has 0 saturated carbocycles. The maximum absolute atomic E-state index is 12.3. The summed E-state index contributed by atoms with van der Waals surface area (Å²) in [5, 5.41) is 0. The second-order valence-corrected chi connectivity index (χ2v) is 4.48. The highest BCUT2D eigenvalue weighted by Crippen LogP contribution is 2.21. The van der Waals surface area contributed by atoms with E-state index in [1.165, 1.54) is 5.56 Å². The van der Waals surface area contributed by atoms with E-state index in [1.54, 1.807) is 0 Å². The SMILES string of the molecule is CCN(C(=O)C1CCOC1)c1cccc(C)c1. The molecule has 92 valence electrons. The maximum atomic E-state index is 12.3. The highest BCUT2D eigenvalue weighted by molar-refractivity contribution is 5.95. The van der Waals surface area contributed by atoms with Crippen molar-refractivity contribution in [2.75, 3.05) is 24.7 Å². The number of hydrogen-bond donors (Lipinski definition) is 0. The summed E-state index contributed by atoms with van der Waals surface area (Å²) in [5.74, 6) is 0.228. The van der Waals surface area contributed by atoms with Crippen molar-refractivity contribution in [3.8, 4) is 0 Å². The topological polar surface area (TPSA) is 29.5 Å². The summed E-state index contributed by atoms with van der Waals surface area (Å²) in [5.41, 5.74) is 2.17. The van der Waals surface area contributed by atoms with Crippen molar-refractivity contribution in [1.29, 1.82) is 0 Å². The molecule has 17 heavy (non-hydrogen) atoms. The summed E-state index contributed by atoms with van der Waals surface area (Å²) in [4.78, 5) is 14.2. The van der Waals surface area contributed by atoms with Crippen LogP contribution in [0.15, 0.2) is 24.3 Å². The standard InChI is InChI=1S/C14H19NO2/c1-3-15(13-6-4-5-11(2)9-13)14(16)12-7-8-17-10-12/h4-6,9,12H,3,7-8,10H2,1-2H3. The lowest BCUT2D eigenvalue weighted by molar-refractivity contribution is -0.122. The molecule has 1 aliphatic heterocycles. The molecule has 0 bridgehead atoms. The van der Waals surface area contributed by atoms with Gasteiger partial charge in [-0.3, -0.25) is 4.79 Å². The number of aryl methyl sites for hydroxylation is 1. The molecule has 3 nitrogen and oxygen atoms in total. The summed E-state index contributed by atoms with van der Waals surface area (Å²) < 4.78 is 5.28. The third-order valence-corrected chi connectivity index (χ3v) is 3.17. The zero-order valence-corrected chi connectivity index (χ0v) is 10.5. The molecule has 1 fully saturated rings. The minimum absolute atomic E-state index is 0.0375. The summed E-state index contributed by atoms with van der Waals surface area (Å²) in [6.45, 7) is 6.04. The molecular formula is C14H19NO2. The lowest BCUT2D eigenvalue weighted by Gasteiger charge is -2.24. The number of benzene rings is 1. The van der Waals surface area contributed by atoms with Gasteiger partial charge in [-0.15, -0.1) is 0 Å². The minimum atomic E-state index is 0.0375. The van der Waals surface area contributed by atoms with Gasteiger partial charge in [-0.2, -0.15) is 0 Å². The Morgan fingerprint density at radius 3 is 2.94 bits per heavy atom. The van der Waals surface area contributed by atoms with E-state index in [9.17, 15) is 4.79 Å². The van der Waals surface area contributed by atoms with Crippen molar-refractivity contribution < 1.29 is 9.53 Å². The maximum Gasteiger partial charge on any atom is 0.232 e. The highest BCUT2D eigenvalue weighted by atomic mass is 16.5. The average Bonchev–Trinajstić information content (AvgIpc) is 2.83. The van der Waals surface area contributed by atoms with Crippen LogP contribution < -0.4 is 4.90 Å². The smallest absolute Gasteiger partial charge is 0.232 e. The first-order chi connectivity index (χ1) is 8.22. The molecule has 1 unspecified atom stereocenters. The third-order valence-electron chi connectivity index (χ3n) is 3.17. The van der Waals surface area contributed by atoms with E-state index in [1.807, 2.05) is 36.9 Å². The molecular weight excluding hydrogens is 214 g/mol. The van der Waals surface area contributed by atoms with Crippen LogP contribution in [-0.4, -0.2) is 25.7 Å². The molecule has 0 aliphatic carbocycles. The number of amides is 1. The predicted octanol–water partition coefficient (Wildman–Crippen LogP) is 2.38. The van der Waals surface area contributed by atoms with Crippen molar-refractivity contribution >= 4 is 11.6 Å². The monoisotopic (exact) mass is 233 g/mol. The third kappa shape index (κ3) is 2.67. The summed E-state index contributed by atoms with van der Waals surface area (Å²) >= 11 is 0. The van der Waals surface area contributed by atoms with E-state index in [0.29, 0.717) is 19.8 Å². The second-order valence-electron chi connectivity index (χ2n) is 4.48. The van der Waals surface area contributed by atoms with Gasteiger partial charge in [-0.1, -0.05) is 12.1 Å². The summed E-state index contributed by atoms with van der Waals surface area (Å²) in [7, 11) is 0. The molecule has 1 aliphatic rings. The van der Waals surface area contributed by atoms with Crippen LogP contribution >= 0.6 is 0 Å². The van der Waals surface area contributed by atoms with E-state index in [-0.39, 0.29) is 11.8 Å². The Morgan fingerprint density at radius 1 is 1.53 bits per heavy atom. The molecule has 0 aromatic heterocycles. The lowest BCUT2D eigenvalue weighted by atomic mass is 10.1. The van der Waals surface area contributed by atoms with Gasteiger partial charge in [0.25, 0.3) is 0 Å². The Bertz CT molecular complexity index is 397. The Balaban J connectivity index is 2.17. The van der Waals surface area contributed by atoms with Crippen LogP contribution in [-0.2, 0) is 9.53 Å². The molecule has 1 saturated heterocycles. The molecule has 1 heterocycles. The number of carbonyl (C=O) groups is 1. The van der Waals surface area contributed by atoms with Gasteiger partial charge >= 0.3 is 0 Å². The number of nitrogens with zero attached hydrogens (tertiary/aromatic N) is 1. The van der Waals surface area contributed by atoms with Gasteiger partial charge in [0.2, 0.25) is 5.91 Å². The van der Waals surface area contributed by atoms with E-state index in [2.05, 4.69) is 6.07 Å². The Kier molecular flexibility index (Phi) is 3.79. The first-order valence-corrected chi connectivity index (χ1v) is 6.18. The number of carbonyl (C=O) groups excluding carboxylic acids is 1. The molecule has 3 heteroatoms. The lowest BCUT2D eigenvalue weighted by Crippen LogP contribution is -2.36. The molecule has 1 atom stereocenters. The number of rotatable bonds is 3. The molecule has 1 aromatic rings. The molecule has 1 amide bonds. The van der Waals surface area contributed by atoms with Gasteiger partial charge in [-0.05, 0) is 38.0 Å². The van der Waals surface area contributed by atoms with Gasteiger partial charge in [0.15, 0.2) is 0 Å². The zero-order chi connectivity index (χ0) is 12.3. The van der Waals surface area contributed by atoms with Gasteiger partial charge in [-0.25, -0.2) is 0 Å². The zero-order valence-electron chi connectivity index (χ0n) is 10.5. The average molecular weight is 233 g/mol. The predicted molar refractivity (Wildman–Crippen MR) is 68.1 cm³/mol. The molecule has 2 rings (SSSR count). The fourth-order valence-corrected chi connectivity index (χ4v) is 2.21. The van der Waals surface area contributed by atoms with Crippen molar-refractivity contribution in [3.63, 3.8) is 0 Å². The van der Waals surface area contributed by atoms with Gasteiger partial charge in [0.05, 0.1) is 12.5 Å². The largest absolute Gasteiger partial charge is 0.381 e. The highest BCUT2D eigenvalue weighted by Gasteiger charge is 2.27. The van der Waals surface area contributed by atoms with Crippen LogP contribution in [0.1, 0.15) is 18.9 Å². The molecule has 0 N–H and O–H groups in total. The van der Waals surface area contributed by atoms with E-state index in [0.717, 1.165) is 12.1 Å². The van der Waals surface area contributed by atoms with Crippen LogP contribution in [0.25, 0.3) is 0 Å². The fourth-order valence-electron chi connectivity index (χ4n) is 2.21. The van der Waals surface area contributed by atoms with Crippen LogP contribution in [0.3, 0.4) is 0 Å². The Morgan fingerprint density at radius 2 is 2.35 bits per heavy atom. The van der Waals surface area contributed by atoms with Gasteiger partial charge in [0, 0.05) is 18.8 Å². The van der Waals surface area contributed by atoms with Crippen molar-refractivity contribution in [2.24, 2.45) is 5.92 Å². The fraction of sp³-hybridized carbons (Fsp3) is 0.500. The number of ether oxygens (including phenoxy) is 1. The van der Waals surface area contributed by atoms with Crippen molar-refractivity contribution in [3.05, 3.63) is 29.8 Å².